The first-order chi connectivity index (χ1) is 14.5. The first kappa shape index (κ1) is 21.7. The maximum atomic E-state index is 12.7. The van der Waals surface area contributed by atoms with Gasteiger partial charge in [-0.2, -0.15) is 0 Å². The molecule has 1 aliphatic rings. The van der Waals surface area contributed by atoms with E-state index in [0.717, 1.165) is 31.6 Å². The van der Waals surface area contributed by atoms with Gasteiger partial charge in [0.2, 0.25) is 11.3 Å². The van der Waals surface area contributed by atoms with E-state index in [9.17, 15) is 9.59 Å². The number of amides is 1. The largest absolute Gasteiger partial charge is 0.493 e. The van der Waals surface area contributed by atoms with E-state index in [1.165, 1.54) is 13.5 Å². The van der Waals surface area contributed by atoms with Crippen molar-refractivity contribution in [1.29, 1.82) is 0 Å². The summed E-state index contributed by atoms with van der Waals surface area (Å²) in [4.78, 5) is 27.3. The Morgan fingerprint density at radius 2 is 1.67 bits per heavy atom. The molecule has 30 heavy (non-hydrogen) atoms. The maximum absolute atomic E-state index is 12.7. The Balaban J connectivity index is 1.78. The number of anilines is 1. The van der Waals surface area contributed by atoms with E-state index in [4.69, 9.17) is 14.2 Å². The van der Waals surface area contributed by atoms with Gasteiger partial charge in [0.15, 0.2) is 17.2 Å². The van der Waals surface area contributed by atoms with Gasteiger partial charge >= 0.3 is 0 Å². The van der Waals surface area contributed by atoms with Crippen LogP contribution >= 0.6 is 0 Å². The average molecular weight is 415 g/mol. The van der Waals surface area contributed by atoms with Crippen molar-refractivity contribution in [3.8, 4) is 17.2 Å². The third-order valence-corrected chi connectivity index (χ3v) is 5.22. The van der Waals surface area contributed by atoms with Gasteiger partial charge in [-0.1, -0.05) is 6.42 Å². The smallest absolute Gasteiger partial charge is 0.244 e. The third-order valence-electron chi connectivity index (χ3n) is 5.22. The predicted octanol–water partition coefficient (Wildman–Crippen LogP) is 2.50. The first-order valence-electron chi connectivity index (χ1n) is 10.1. The van der Waals surface area contributed by atoms with E-state index in [1.54, 1.807) is 49.2 Å². The minimum absolute atomic E-state index is 0.0636. The number of nitrogens with zero attached hydrogens (tertiary/aromatic N) is 2. The molecule has 1 aromatic heterocycles. The highest BCUT2D eigenvalue weighted by molar-refractivity contribution is 5.91. The van der Waals surface area contributed by atoms with Crippen LogP contribution in [0.5, 0.6) is 17.2 Å². The van der Waals surface area contributed by atoms with Crippen molar-refractivity contribution in [2.45, 2.75) is 32.4 Å². The lowest BCUT2D eigenvalue weighted by Gasteiger charge is -2.27. The van der Waals surface area contributed by atoms with Gasteiger partial charge in [0.1, 0.15) is 6.54 Å². The van der Waals surface area contributed by atoms with Crippen molar-refractivity contribution >= 4 is 11.6 Å². The number of aromatic nitrogens is 1. The zero-order valence-corrected chi connectivity index (χ0v) is 17.8. The molecule has 1 N–H and O–H groups in total. The summed E-state index contributed by atoms with van der Waals surface area (Å²) in [5.41, 5.74) is 1.22. The molecule has 3 rings (SSSR count). The molecular formula is C22H29N3O5. The summed E-state index contributed by atoms with van der Waals surface area (Å²) in [5.74, 6) is 1.12. The molecule has 162 valence electrons. The van der Waals surface area contributed by atoms with Crippen molar-refractivity contribution in [3.05, 3.63) is 46.4 Å². The SMILES string of the molecule is COc1ccc(NC(=O)Cn2cc(OC)c(=O)cc2CN2CCCCC2)cc1OC. The highest BCUT2D eigenvalue weighted by Gasteiger charge is 2.16. The number of carbonyl (C=O) groups is 1. The van der Waals surface area contributed by atoms with Crippen molar-refractivity contribution < 1.29 is 19.0 Å². The number of rotatable bonds is 8. The molecule has 0 saturated carbocycles. The summed E-state index contributed by atoms with van der Waals surface area (Å²) < 4.78 is 17.5. The number of hydrogen-bond donors (Lipinski definition) is 1. The summed E-state index contributed by atoms with van der Waals surface area (Å²) in [6.45, 7) is 2.69. The number of benzene rings is 1. The van der Waals surface area contributed by atoms with Crippen LogP contribution in [0.1, 0.15) is 25.0 Å². The minimum atomic E-state index is -0.215. The van der Waals surface area contributed by atoms with Crippen molar-refractivity contribution in [2.24, 2.45) is 0 Å². The number of ether oxygens (including phenoxy) is 3. The Hall–Kier alpha value is -3.00. The highest BCUT2D eigenvalue weighted by atomic mass is 16.5. The third kappa shape index (κ3) is 5.33. The normalized spacial score (nSPS) is 14.2. The molecule has 8 heteroatoms. The van der Waals surface area contributed by atoms with Crippen LogP contribution < -0.4 is 25.0 Å². The lowest BCUT2D eigenvalue weighted by Crippen LogP contribution is -2.32. The number of hydrogen-bond acceptors (Lipinski definition) is 6. The summed E-state index contributed by atoms with van der Waals surface area (Å²) >= 11 is 0. The fourth-order valence-electron chi connectivity index (χ4n) is 3.65. The molecule has 8 nitrogen and oxygen atoms in total. The van der Waals surface area contributed by atoms with E-state index >= 15 is 0 Å². The number of pyridine rings is 1. The Kier molecular flexibility index (Phi) is 7.35. The lowest BCUT2D eigenvalue weighted by molar-refractivity contribution is -0.116. The molecule has 0 atom stereocenters. The lowest BCUT2D eigenvalue weighted by atomic mass is 10.1. The monoisotopic (exact) mass is 415 g/mol. The van der Waals surface area contributed by atoms with Crippen LogP contribution in [-0.4, -0.2) is 49.8 Å². The van der Waals surface area contributed by atoms with Gasteiger partial charge in [0.25, 0.3) is 0 Å². The quantitative estimate of drug-likeness (QED) is 0.713. The molecular weight excluding hydrogens is 386 g/mol. The molecule has 0 unspecified atom stereocenters. The maximum Gasteiger partial charge on any atom is 0.244 e. The number of nitrogens with one attached hydrogen (secondary N) is 1. The predicted molar refractivity (Wildman–Crippen MR) is 115 cm³/mol. The Morgan fingerprint density at radius 1 is 0.967 bits per heavy atom. The molecule has 1 saturated heterocycles. The number of likely N-dealkylation sites (tertiary alicyclic amines) is 1. The highest BCUT2D eigenvalue weighted by Crippen LogP contribution is 2.29. The van der Waals surface area contributed by atoms with Gasteiger partial charge in [0, 0.05) is 30.1 Å². The molecule has 1 amide bonds. The van der Waals surface area contributed by atoms with Gasteiger partial charge in [0.05, 0.1) is 27.5 Å². The minimum Gasteiger partial charge on any atom is -0.493 e. The van der Waals surface area contributed by atoms with Crippen LogP contribution in [0, 0.1) is 0 Å². The Labute approximate surface area is 176 Å². The van der Waals surface area contributed by atoms with Crippen LogP contribution in [0.2, 0.25) is 0 Å². The molecule has 0 bridgehead atoms. The van der Waals surface area contributed by atoms with E-state index in [0.29, 0.717) is 23.7 Å². The van der Waals surface area contributed by atoms with Gasteiger partial charge in [-0.05, 0) is 38.1 Å². The zero-order valence-electron chi connectivity index (χ0n) is 17.8. The molecule has 1 aliphatic heterocycles. The average Bonchev–Trinajstić information content (AvgIpc) is 2.76. The van der Waals surface area contributed by atoms with Crippen LogP contribution in [0.15, 0.2) is 35.3 Å². The molecule has 1 fully saturated rings. The molecule has 0 aliphatic carbocycles. The van der Waals surface area contributed by atoms with Crippen LogP contribution in [0.4, 0.5) is 5.69 Å². The fourth-order valence-corrected chi connectivity index (χ4v) is 3.65. The van der Waals surface area contributed by atoms with Gasteiger partial charge in [-0.15, -0.1) is 0 Å². The van der Waals surface area contributed by atoms with Gasteiger partial charge in [-0.3, -0.25) is 14.5 Å². The van der Waals surface area contributed by atoms with Gasteiger partial charge < -0.3 is 24.1 Å². The van der Waals surface area contributed by atoms with Crippen LogP contribution in [0.25, 0.3) is 0 Å². The Morgan fingerprint density at radius 3 is 2.33 bits per heavy atom. The molecule has 0 spiro atoms. The standard InChI is InChI=1S/C22H29N3O5/c1-28-19-8-7-16(11-20(19)29-2)23-22(27)15-25-14-21(30-3)18(26)12-17(25)13-24-9-5-4-6-10-24/h7-8,11-12,14H,4-6,9-10,13,15H2,1-3H3,(H,23,27). The van der Waals surface area contributed by atoms with E-state index in [-0.39, 0.29) is 23.6 Å². The zero-order chi connectivity index (χ0) is 21.5. The van der Waals surface area contributed by atoms with Crippen molar-refractivity contribution in [3.63, 3.8) is 0 Å². The van der Waals surface area contributed by atoms with Crippen LogP contribution in [0.3, 0.4) is 0 Å². The fraction of sp³-hybridized carbons (Fsp3) is 0.455. The van der Waals surface area contributed by atoms with E-state index in [2.05, 4.69) is 10.2 Å². The van der Waals surface area contributed by atoms with Crippen molar-refractivity contribution in [2.75, 3.05) is 39.7 Å². The molecule has 0 radical (unpaired) electrons. The van der Waals surface area contributed by atoms with Crippen molar-refractivity contribution in [1.82, 2.24) is 9.47 Å². The summed E-state index contributed by atoms with van der Waals surface area (Å²) in [5, 5.41) is 2.87. The van der Waals surface area contributed by atoms with E-state index < -0.39 is 0 Å². The topological polar surface area (TPSA) is 82.0 Å². The summed E-state index contributed by atoms with van der Waals surface area (Å²) in [6.07, 6.45) is 5.15. The second-order valence-electron chi connectivity index (χ2n) is 7.28. The second-order valence-corrected chi connectivity index (χ2v) is 7.28. The molecule has 2 aromatic rings. The van der Waals surface area contributed by atoms with E-state index in [1.807, 2.05) is 0 Å². The Bertz CT molecular complexity index is 935. The van der Waals surface area contributed by atoms with Crippen LogP contribution in [-0.2, 0) is 17.9 Å². The summed E-state index contributed by atoms with van der Waals surface area (Å²) in [6, 6.07) is 6.76. The number of piperidine rings is 1. The molecule has 1 aromatic carbocycles. The second kappa shape index (κ2) is 10.2. The number of methoxy groups -OCH3 is 3. The number of carbonyl (C=O) groups excluding carboxylic acids is 1. The first-order valence-corrected chi connectivity index (χ1v) is 10.1. The summed E-state index contributed by atoms with van der Waals surface area (Å²) in [7, 11) is 4.56. The molecule has 2 heterocycles. The van der Waals surface area contributed by atoms with Gasteiger partial charge in [-0.25, -0.2) is 0 Å².